The van der Waals surface area contributed by atoms with E-state index in [2.05, 4.69) is 5.32 Å². The van der Waals surface area contributed by atoms with E-state index in [4.69, 9.17) is 0 Å². The van der Waals surface area contributed by atoms with Gasteiger partial charge in [0.2, 0.25) is 5.91 Å². The standard InChI is InChI=1S/C13H22N2O3S/c1-4-13(3,9-16)14-11(17)6-5-7-15-10(2)8-19-12(15)18/h8,16H,4-7,9H2,1-3H3,(H,14,17). The zero-order chi connectivity index (χ0) is 14.5. The number of aryl methyl sites for hydroxylation is 1. The molecule has 108 valence electrons. The van der Waals surface area contributed by atoms with Crippen LogP contribution in [0.1, 0.15) is 38.8 Å². The summed E-state index contributed by atoms with van der Waals surface area (Å²) in [5.74, 6) is -0.0840. The summed E-state index contributed by atoms with van der Waals surface area (Å²) in [6, 6.07) is 0. The van der Waals surface area contributed by atoms with Gasteiger partial charge in [0.05, 0.1) is 12.1 Å². The SMILES string of the molecule is CCC(C)(CO)NC(=O)CCCn1c(C)csc1=O. The monoisotopic (exact) mass is 286 g/mol. The largest absolute Gasteiger partial charge is 0.394 e. The third-order valence-corrected chi connectivity index (χ3v) is 4.21. The first kappa shape index (κ1) is 15.9. The highest BCUT2D eigenvalue weighted by atomic mass is 32.1. The summed E-state index contributed by atoms with van der Waals surface area (Å²) >= 11 is 1.18. The average molecular weight is 286 g/mol. The lowest BCUT2D eigenvalue weighted by atomic mass is 10.00. The third-order valence-electron chi connectivity index (χ3n) is 3.33. The fourth-order valence-corrected chi connectivity index (χ4v) is 2.47. The van der Waals surface area contributed by atoms with Gasteiger partial charge in [0.15, 0.2) is 0 Å². The van der Waals surface area contributed by atoms with E-state index in [1.165, 1.54) is 11.3 Å². The van der Waals surface area contributed by atoms with Gasteiger partial charge in [-0.1, -0.05) is 18.3 Å². The number of amides is 1. The summed E-state index contributed by atoms with van der Waals surface area (Å²) in [7, 11) is 0. The number of nitrogens with zero attached hydrogens (tertiary/aromatic N) is 1. The molecular formula is C13H22N2O3S. The van der Waals surface area contributed by atoms with Crippen LogP contribution in [0.5, 0.6) is 0 Å². The van der Waals surface area contributed by atoms with E-state index in [1.807, 2.05) is 26.2 Å². The Morgan fingerprint density at radius 2 is 2.26 bits per heavy atom. The van der Waals surface area contributed by atoms with Gasteiger partial charge in [0.25, 0.3) is 0 Å². The zero-order valence-electron chi connectivity index (χ0n) is 11.7. The van der Waals surface area contributed by atoms with Crippen molar-refractivity contribution >= 4 is 17.2 Å². The fourth-order valence-electron chi connectivity index (χ4n) is 1.71. The van der Waals surface area contributed by atoms with Crippen molar-refractivity contribution in [2.75, 3.05) is 6.61 Å². The molecule has 1 amide bonds. The lowest BCUT2D eigenvalue weighted by molar-refractivity contribution is -0.123. The number of rotatable bonds is 7. The number of thiazole rings is 1. The molecule has 1 heterocycles. The fraction of sp³-hybridized carbons (Fsp3) is 0.692. The second-order valence-corrected chi connectivity index (χ2v) is 5.84. The van der Waals surface area contributed by atoms with Crippen molar-refractivity contribution in [3.8, 4) is 0 Å². The molecule has 2 N–H and O–H groups in total. The highest BCUT2D eigenvalue weighted by Crippen LogP contribution is 2.09. The Balaban J connectivity index is 2.42. The first-order chi connectivity index (χ1) is 8.91. The number of nitrogens with one attached hydrogen (secondary N) is 1. The van der Waals surface area contributed by atoms with Crippen molar-refractivity contribution in [2.45, 2.75) is 52.1 Å². The molecule has 0 bridgehead atoms. The van der Waals surface area contributed by atoms with Crippen LogP contribution in [0.3, 0.4) is 0 Å². The minimum atomic E-state index is -0.549. The molecule has 1 aromatic heterocycles. The van der Waals surface area contributed by atoms with Crippen LogP contribution in [0.25, 0.3) is 0 Å². The summed E-state index contributed by atoms with van der Waals surface area (Å²) in [6.07, 6.45) is 1.66. The van der Waals surface area contributed by atoms with Crippen LogP contribution in [0.15, 0.2) is 10.2 Å². The molecule has 1 aromatic rings. The van der Waals surface area contributed by atoms with E-state index in [1.54, 1.807) is 4.57 Å². The number of hydrogen-bond donors (Lipinski definition) is 2. The maximum absolute atomic E-state index is 11.8. The van der Waals surface area contributed by atoms with E-state index in [0.29, 0.717) is 25.8 Å². The number of aliphatic hydroxyl groups excluding tert-OH is 1. The lowest BCUT2D eigenvalue weighted by Crippen LogP contribution is -2.48. The van der Waals surface area contributed by atoms with E-state index < -0.39 is 5.54 Å². The van der Waals surface area contributed by atoms with Crippen molar-refractivity contribution in [3.63, 3.8) is 0 Å². The first-order valence-corrected chi connectivity index (χ1v) is 7.36. The topological polar surface area (TPSA) is 71.3 Å². The van der Waals surface area contributed by atoms with Crippen LogP contribution >= 0.6 is 11.3 Å². The van der Waals surface area contributed by atoms with Crippen LogP contribution in [0, 0.1) is 6.92 Å². The molecule has 6 heteroatoms. The van der Waals surface area contributed by atoms with Crippen molar-refractivity contribution in [1.82, 2.24) is 9.88 Å². The summed E-state index contributed by atoms with van der Waals surface area (Å²) < 4.78 is 1.68. The van der Waals surface area contributed by atoms with Crippen molar-refractivity contribution in [1.29, 1.82) is 0 Å². The van der Waals surface area contributed by atoms with Gasteiger partial charge in [-0.2, -0.15) is 0 Å². The molecule has 0 spiro atoms. The lowest BCUT2D eigenvalue weighted by Gasteiger charge is -2.27. The van der Waals surface area contributed by atoms with E-state index >= 15 is 0 Å². The van der Waals surface area contributed by atoms with Gasteiger partial charge in [-0.05, 0) is 26.7 Å². The van der Waals surface area contributed by atoms with Gasteiger partial charge in [0.1, 0.15) is 0 Å². The van der Waals surface area contributed by atoms with Crippen LogP contribution in [0.2, 0.25) is 0 Å². The van der Waals surface area contributed by atoms with Crippen LogP contribution in [0.4, 0.5) is 0 Å². The minimum Gasteiger partial charge on any atom is -0.394 e. The summed E-state index contributed by atoms with van der Waals surface area (Å²) in [6.45, 7) is 6.11. The maximum atomic E-state index is 11.8. The quantitative estimate of drug-likeness (QED) is 0.793. The number of carbonyl (C=O) groups is 1. The van der Waals surface area contributed by atoms with E-state index in [9.17, 15) is 14.7 Å². The van der Waals surface area contributed by atoms with E-state index in [0.717, 1.165) is 5.69 Å². The molecule has 0 aromatic carbocycles. The third kappa shape index (κ3) is 4.47. The summed E-state index contributed by atoms with van der Waals surface area (Å²) in [5.41, 5.74) is 0.385. The van der Waals surface area contributed by atoms with E-state index in [-0.39, 0.29) is 17.4 Å². The Kier molecular flexibility index (Phi) is 5.75. The average Bonchev–Trinajstić information content (AvgIpc) is 2.70. The molecule has 1 atom stereocenters. The van der Waals surface area contributed by atoms with Gasteiger partial charge in [-0.25, -0.2) is 0 Å². The summed E-state index contributed by atoms with van der Waals surface area (Å²) in [5, 5.41) is 13.9. The molecule has 19 heavy (non-hydrogen) atoms. The Morgan fingerprint density at radius 3 is 2.74 bits per heavy atom. The Bertz CT molecular complexity index is 474. The molecule has 0 aliphatic carbocycles. The van der Waals surface area contributed by atoms with Crippen LogP contribution in [-0.4, -0.2) is 27.7 Å². The van der Waals surface area contributed by atoms with Crippen LogP contribution in [-0.2, 0) is 11.3 Å². The van der Waals surface area contributed by atoms with Gasteiger partial charge < -0.3 is 15.0 Å². The second kappa shape index (κ2) is 6.86. The number of hydrogen-bond acceptors (Lipinski definition) is 4. The smallest absolute Gasteiger partial charge is 0.307 e. The molecule has 1 rings (SSSR count). The molecule has 0 fully saturated rings. The second-order valence-electron chi connectivity index (χ2n) is 5.02. The van der Waals surface area contributed by atoms with Crippen molar-refractivity contribution < 1.29 is 9.90 Å². The highest BCUT2D eigenvalue weighted by molar-refractivity contribution is 7.07. The molecular weight excluding hydrogens is 264 g/mol. The van der Waals surface area contributed by atoms with Gasteiger partial charge >= 0.3 is 4.87 Å². The molecule has 0 radical (unpaired) electrons. The zero-order valence-corrected chi connectivity index (χ0v) is 12.5. The van der Waals surface area contributed by atoms with Crippen molar-refractivity contribution in [3.05, 3.63) is 20.7 Å². The van der Waals surface area contributed by atoms with Crippen molar-refractivity contribution in [2.24, 2.45) is 0 Å². The Morgan fingerprint density at radius 1 is 1.58 bits per heavy atom. The number of aromatic nitrogens is 1. The molecule has 0 saturated heterocycles. The Labute approximate surface area is 117 Å². The highest BCUT2D eigenvalue weighted by Gasteiger charge is 2.22. The molecule has 0 saturated carbocycles. The summed E-state index contributed by atoms with van der Waals surface area (Å²) in [4.78, 5) is 23.3. The molecule has 5 nitrogen and oxygen atoms in total. The predicted octanol–water partition coefficient (Wildman–Crippen LogP) is 1.28. The van der Waals surface area contributed by atoms with Crippen LogP contribution < -0.4 is 10.2 Å². The van der Waals surface area contributed by atoms with Gasteiger partial charge in [0, 0.05) is 24.0 Å². The molecule has 1 unspecified atom stereocenters. The first-order valence-electron chi connectivity index (χ1n) is 6.48. The van der Waals surface area contributed by atoms with Gasteiger partial charge in [-0.15, -0.1) is 0 Å². The minimum absolute atomic E-state index is 0.0201. The van der Waals surface area contributed by atoms with Gasteiger partial charge in [-0.3, -0.25) is 9.59 Å². The maximum Gasteiger partial charge on any atom is 0.307 e. The number of aliphatic hydroxyl groups is 1. The Hall–Kier alpha value is -1.14. The molecule has 0 aliphatic heterocycles. The predicted molar refractivity (Wildman–Crippen MR) is 76.5 cm³/mol. The number of carbonyl (C=O) groups excluding carboxylic acids is 1. The molecule has 0 aliphatic rings. The normalized spacial score (nSPS) is 14.1.